The first-order valence-corrected chi connectivity index (χ1v) is 9.31. The van der Waals surface area contributed by atoms with E-state index in [0.29, 0.717) is 30.3 Å². The Kier molecular flexibility index (Phi) is 4.99. The van der Waals surface area contributed by atoms with Crippen molar-refractivity contribution in [3.63, 3.8) is 0 Å². The topological polar surface area (TPSA) is 95.2 Å². The van der Waals surface area contributed by atoms with Crippen LogP contribution in [0, 0.1) is 0 Å². The molecule has 0 aliphatic carbocycles. The summed E-state index contributed by atoms with van der Waals surface area (Å²) in [6.45, 7) is 0.709. The molecule has 0 saturated heterocycles. The molecule has 0 fully saturated rings. The smallest absolute Gasteiger partial charge is 0.267 e. The third-order valence-electron chi connectivity index (χ3n) is 4.36. The van der Waals surface area contributed by atoms with Crippen molar-refractivity contribution >= 4 is 39.2 Å². The maximum atomic E-state index is 12.8. The molecular formula is C17H17ClN4O3S. The van der Waals surface area contributed by atoms with Gasteiger partial charge >= 0.3 is 10.2 Å². The number of nitrogens with one attached hydrogen (secondary N) is 2. The van der Waals surface area contributed by atoms with Crippen LogP contribution >= 0.6 is 12.4 Å². The summed E-state index contributed by atoms with van der Waals surface area (Å²) < 4.78 is 29.4. The van der Waals surface area contributed by atoms with Crippen LogP contribution in [-0.4, -0.2) is 29.5 Å². The van der Waals surface area contributed by atoms with Crippen LogP contribution in [0.2, 0.25) is 0 Å². The Morgan fingerprint density at radius 3 is 2.42 bits per heavy atom. The lowest BCUT2D eigenvalue weighted by Crippen LogP contribution is -2.39. The van der Waals surface area contributed by atoms with Crippen molar-refractivity contribution in [3.05, 3.63) is 70.0 Å². The summed E-state index contributed by atoms with van der Waals surface area (Å²) >= 11 is 0. The van der Waals surface area contributed by atoms with Crippen LogP contribution in [0.4, 0.5) is 5.82 Å². The highest BCUT2D eigenvalue weighted by molar-refractivity contribution is 7.90. The second-order valence-electron chi connectivity index (χ2n) is 5.91. The Morgan fingerprint density at radius 2 is 1.65 bits per heavy atom. The Labute approximate surface area is 156 Å². The minimum atomic E-state index is -3.78. The van der Waals surface area contributed by atoms with Gasteiger partial charge in [-0.05, 0) is 23.6 Å². The standard InChI is InChI=1S/C17H16N4O3S.ClH/c22-17-15-8-4-3-7-14(15)16(18-19-17)20-25(23,24)21-10-9-12-5-1-2-6-13(12)11-21;/h1-8H,9-11H2,(H,18,20)(H,19,22);1H. The molecule has 1 aliphatic rings. The molecule has 2 aromatic carbocycles. The molecule has 0 amide bonds. The predicted octanol–water partition coefficient (Wildman–Crippen LogP) is 2.06. The lowest BCUT2D eigenvalue weighted by Gasteiger charge is -2.28. The molecule has 2 N–H and O–H groups in total. The van der Waals surface area contributed by atoms with E-state index in [9.17, 15) is 13.2 Å². The van der Waals surface area contributed by atoms with Crippen LogP contribution in [0.3, 0.4) is 0 Å². The van der Waals surface area contributed by atoms with E-state index < -0.39 is 10.2 Å². The van der Waals surface area contributed by atoms with E-state index in [4.69, 9.17) is 0 Å². The van der Waals surface area contributed by atoms with E-state index in [0.717, 1.165) is 5.56 Å². The number of fused-ring (bicyclic) bond motifs is 2. The molecule has 2 heterocycles. The van der Waals surface area contributed by atoms with Crippen molar-refractivity contribution in [2.75, 3.05) is 11.3 Å². The molecule has 9 heteroatoms. The average Bonchev–Trinajstić information content (AvgIpc) is 2.64. The van der Waals surface area contributed by atoms with Crippen molar-refractivity contribution < 1.29 is 8.42 Å². The number of hydrogen-bond donors (Lipinski definition) is 2. The van der Waals surface area contributed by atoms with E-state index >= 15 is 0 Å². The van der Waals surface area contributed by atoms with Crippen molar-refractivity contribution in [1.82, 2.24) is 14.5 Å². The summed E-state index contributed by atoms with van der Waals surface area (Å²) in [7, 11) is -3.78. The van der Waals surface area contributed by atoms with Gasteiger partial charge in [0.25, 0.3) is 5.56 Å². The first-order valence-electron chi connectivity index (χ1n) is 7.87. The zero-order chi connectivity index (χ0) is 17.4. The molecule has 0 bridgehead atoms. The fraction of sp³-hybridized carbons (Fsp3) is 0.176. The fourth-order valence-electron chi connectivity index (χ4n) is 3.05. The number of benzene rings is 2. The van der Waals surface area contributed by atoms with Crippen LogP contribution in [0.1, 0.15) is 11.1 Å². The van der Waals surface area contributed by atoms with E-state index in [2.05, 4.69) is 14.9 Å². The van der Waals surface area contributed by atoms with Gasteiger partial charge in [0.05, 0.1) is 5.39 Å². The van der Waals surface area contributed by atoms with Gasteiger partial charge < -0.3 is 0 Å². The summed E-state index contributed by atoms with van der Waals surface area (Å²) in [5.74, 6) is 0.119. The molecule has 136 valence electrons. The average molecular weight is 393 g/mol. The van der Waals surface area contributed by atoms with Gasteiger partial charge in [-0.15, -0.1) is 12.4 Å². The number of hydrogen-bond acceptors (Lipinski definition) is 4. The summed E-state index contributed by atoms with van der Waals surface area (Å²) in [5, 5.41) is 7.06. The zero-order valence-electron chi connectivity index (χ0n) is 13.7. The highest BCUT2D eigenvalue weighted by Crippen LogP contribution is 2.23. The number of rotatable bonds is 3. The summed E-state index contributed by atoms with van der Waals surface area (Å²) in [6, 6.07) is 14.6. The Bertz CT molecular complexity index is 1110. The van der Waals surface area contributed by atoms with Gasteiger partial charge in [0, 0.05) is 18.5 Å². The van der Waals surface area contributed by atoms with Gasteiger partial charge in [-0.3, -0.25) is 9.52 Å². The number of aromatic nitrogens is 2. The van der Waals surface area contributed by atoms with Gasteiger partial charge in [0.15, 0.2) is 5.82 Å². The number of aromatic amines is 1. The highest BCUT2D eigenvalue weighted by atomic mass is 35.5. The monoisotopic (exact) mass is 392 g/mol. The minimum absolute atomic E-state index is 0. The highest BCUT2D eigenvalue weighted by Gasteiger charge is 2.27. The summed E-state index contributed by atoms with van der Waals surface area (Å²) in [6.07, 6.45) is 0.664. The Balaban J connectivity index is 0.00000196. The molecule has 1 aromatic heterocycles. The van der Waals surface area contributed by atoms with Crippen LogP contribution in [0.5, 0.6) is 0 Å². The molecule has 0 radical (unpaired) electrons. The third-order valence-corrected chi connectivity index (χ3v) is 5.80. The van der Waals surface area contributed by atoms with Crippen LogP contribution < -0.4 is 10.3 Å². The second-order valence-corrected chi connectivity index (χ2v) is 7.58. The normalized spacial score (nSPS) is 14.5. The molecule has 1 aliphatic heterocycles. The molecule has 7 nitrogen and oxygen atoms in total. The van der Waals surface area contributed by atoms with Gasteiger partial charge in [-0.2, -0.15) is 17.8 Å². The van der Waals surface area contributed by atoms with E-state index in [-0.39, 0.29) is 23.8 Å². The number of nitrogens with zero attached hydrogens (tertiary/aromatic N) is 2. The van der Waals surface area contributed by atoms with Crippen molar-refractivity contribution in [2.24, 2.45) is 0 Å². The van der Waals surface area contributed by atoms with Gasteiger partial charge in [0.1, 0.15) is 0 Å². The second kappa shape index (κ2) is 7.06. The van der Waals surface area contributed by atoms with Crippen LogP contribution in [0.15, 0.2) is 53.3 Å². The van der Waals surface area contributed by atoms with Crippen LogP contribution in [-0.2, 0) is 23.2 Å². The Hall–Kier alpha value is -2.42. The van der Waals surface area contributed by atoms with Crippen molar-refractivity contribution in [1.29, 1.82) is 0 Å². The molecule has 0 saturated carbocycles. The van der Waals surface area contributed by atoms with Crippen LogP contribution in [0.25, 0.3) is 10.8 Å². The van der Waals surface area contributed by atoms with E-state index in [1.807, 2.05) is 24.3 Å². The molecule has 0 atom stereocenters. The quantitative estimate of drug-likeness (QED) is 0.713. The largest absolute Gasteiger partial charge is 0.303 e. The summed E-state index contributed by atoms with van der Waals surface area (Å²) in [4.78, 5) is 11.8. The number of H-pyrrole nitrogens is 1. The molecular weight excluding hydrogens is 376 g/mol. The molecule has 26 heavy (non-hydrogen) atoms. The number of halogens is 1. The van der Waals surface area contributed by atoms with Gasteiger partial charge in [-0.25, -0.2) is 5.10 Å². The van der Waals surface area contributed by atoms with Crippen molar-refractivity contribution in [2.45, 2.75) is 13.0 Å². The summed E-state index contributed by atoms with van der Waals surface area (Å²) in [5.41, 5.74) is 1.81. The maximum Gasteiger partial charge on any atom is 0.303 e. The minimum Gasteiger partial charge on any atom is -0.267 e. The fourth-order valence-corrected chi connectivity index (χ4v) is 4.22. The lowest BCUT2D eigenvalue weighted by atomic mass is 10.0. The lowest BCUT2D eigenvalue weighted by molar-refractivity contribution is 0.394. The molecule has 0 unspecified atom stereocenters. The van der Waals surface area contributed by atoms with Gasteiger partial charge in [0.2, 0.25) is 0 Å². The third kappa shape index (κ3) is 3.31. The Morgan fingerprint density at radius 1 is 1.00 bits per heavy atom. The first kappa shape index (κ1) is 18.4. The SMILES string of the molecule is Cl.O=c1[nH]nc(NS(=O)(=O)N2CCc3ccccc3C2)c2ccccc12. The van der Waals surface area contributed by atoms with E-state index in [1.165, 1.54) is 9.87 Å². The number of anilines is 1. The van der Waals surface area contributed by atoms with Gasteiger partial charge in [-0.1, -0.05) is 42.5 Å². The van der Waals surface area contributed by atoms with E-state index in [1.54, 1.807) is 24.3 Å². The molecule has 0 spiro atoms. The molecule has 3 aromatic rings. The predicted molar refractivity (Wildman–Crippen MR) is 103 cm³/mol. The molecule has 4 rings (SSSR count). The maximum absolute atomic E-state index is 12.8. The van der Waals surface area contributed by atoms with Crippen molar-refractivity contribution in [3.8, 4) is 0 Å². The zero-order valence-corrected chi connectivity index (χ0v) is 15.3. The first-order chi connectivity index (χ1) is 12.0.